The molecular formula is C16H14ClN5OS. The molecule has 0 spiro atoms. The number of hydrogen-bond acceptors (Lipinski definition) is 4. The molecule has 0 bridgehead atoms. The number of fused-ring (bicyclic) bond motifs is 1. The average molecular weight is 360 g/mol. The molecule has 0 aliphatic carbocycles. The zero-order valence-corrected chi connectivity index (χ0v) is 14.4. The normalized spacial score (nSPS) is 17.2. The summed E-state index contributed by atoms with van der Waals surface area (Å²) in [4.78, 5) is 16.4. The number of carbonyl (C=O) groups is 1. The molecule has 1 amide bonds. The predicted molar refractivity (Wildman–Crippen MR) is 94.7 cm³/mol. The van der Waals surface area contributed by atoms with E-state index in [-0.39, 0.29) is 11.2 Å². The number of benzene rings is 1. The van der Waals surface area contributed by atoms with Gasteiger partial charge in [0.25, 0.3) is 0 Å². The van der Waals surface area contributed by atoms with Gasteiger partial charge in [0.2, 0.25) is 5.91 Å². The molecule has 1 aliphatic heterocycles. The molecule has 1 atom stereocenters. The Bertz CT molecular complexity index is 919. The molecule has 0 saturated heterocycles. The number of thioether (sulfide) groups is 1. The van der Waals surface area contributed by atoms with Gasteiger partial charge in [0.05, 0.1) is 22.9 Å². The highest BCUT2D eigenvalue weighted by atomic mass is 35.5. The molecule has 6 nitrogen and oxygen atoms in total. The maximum absolute atomic E-state index is 12.0. The summed E-state index contributed by atoms with van der Waals surface area (Å²) in [6.45, 7) is 0. The SMILES string of the molecule is Cn1cc([C@H]2SCC(=O)Nc3ncn(-c4cccc(Cl)c4)c32)cn1. The number of amides is 1. The predicted octanol–water partition coefficient (Wildman–Crippen LogP) is 3.03. The van der Waals surface area contributed by atoms with Crippen molar-refractivity contribution in [2.75, 3.05) is 11.1 Å². The van der Waals surface area contributed by atoms with Gasteiger partial charge in [-0.2, -0.15) is 5.10 Å². The van der Waals surface area contributed by atoms with Crippen LogP contribution in [0.1, 0.15) is 16.5 Å². The fourth-order valence-electron chi connectivity index (χ4n) is 2.77. The van der Waals surface area contributed by atoms with Gasteiger partial charge >= 0.3 is 0 Å². The van der Waals surface area contributed by atoms with Gasteiger partial charge < -0.3 is 5.32 Å². The van der Waals surface area contributed by atoms with Crippen LogP contribution in [0.5, 0.6) is 0 Å². The van der Waals surface area contributed by atoms with Crippen LogP contribution in [0.25, 0.3) is 5.69 Å². The molecule has 4 rings (SSSR count). The van der Waals surface area contributed by atoms with Crippen molar-refractivity contribution in [1.29, 1.82) is 0 Å². The number of halogens is 1. The van der Waals surface area contributed by atoms with Crippen molar-refractivity contribution in [3.05, 3.63) is 59.3 Å². The average Bonchev–Trinajstić information content (AvgIpc) is 3.11. The smallest absolute Gasteiger partial charge is 0.235 e. The molecular weight excluding hydrogens is 346 g/mol. The Morgan fingerprint density at radius 2 is 2.29 bits per heavy atom. The molecule has 0 fully saturated rings. The first-order chi connectivity index (χ1) is 11.6. The van der Waals surface area contributed by atoms with Crippen molar-refractivity contribution in [1.82, 2.24) is 19.3 Å². The van der Waals surface area contributed by atoms with Crippen LogP contribution in [0.2, 0.25) is 5.02 Å². The first-order valence-corrected chi connectivity index (χ1v) is 8.77. The third-order valence-electron chi connectivity index (χ3n) is 3.81. The Hall–Kier alpha value is -2.25. The van der Waals surface area contributed by atoms with Crippen molar-refractivity contribution in [2.24, 2.45) is 7.05 Å². The minimum atomic E-state index is -0.0519. The van der Waals surface area contributed by atoms with Crippen LogP contribution < -0.4 is 5.32 Å². The summed E-state index contributed by atoms with van der Waals surface area (Å²) in [5, 5.41) is 7.75. The molecule has 3 aromatic rings. The van der Waals surface area contributed by atoms with Crippen LogP contribution in [-0.2, 0) is 11.8 Å². The summed E-state index contributed by atoms with van der Waals surface area (Å²) in [5.41, 5.74) is 2.85. The van der Waals surface area contributed by atoms with Crippen molar-refractivity contribution in [3.8, 4) is 5.69 Å². The third-order valence-corrected chi connectivity index (χ3v) is 5.30. The van der Waals surface area contributed by atoms with Gasteiger partial charge in [-0.3, -0.25) is 14.0 Å². The Balaban J connectivity index is 1.89. The number of nitrogens with zero attached hydrogens (tertiary/aromatic N) is 4. The third kappa shape index (κ3) is 2.70. The van der Waals surface area contributed by atoms with E-state index in [4.69, 9.17) is 11.6 Å². The molecule has 1 N–H and O–H groups in total. The van der Waals surface area contributed by atoms with Crippen molar-refractivity contribution >= 4 is 35.1 Å². The van der Waals surface area contributed by atoms with Gasteiger partial charge in [0.15, 0.2) is 5.82 Å². The van der Waals surface area contributed by atoms with Crippen molar-refractivity contribution in [2.45, 2.75) is 5.25 Å². The van der Waals surface area contributed by atoms with E-state index in [1.807, 2.05) is 48.3 Å². The Labute approximate surface area is 147 Å². The Morgan fingerprint density at radius 3 is 3.04 bits per heavy atom. The molecule has 0 radical (unpaired) electrons. The Kier molecular flexibility index (Phi) is 3.82. The maximum atomic E-state index is 12.0. The van der Waals surface area contributed by atoms with Gasteiger partial charge in [-0.15, -0.1) is 11.8 Å². The molecule has 122 valence electrons. The van der Waals surface area contributed by atoms with E-state index in [1.54, 1.807) is 22.8 Å². The molecule has 0 unspecified atom stereocenters. The lowest BCUT2D eigenvalue weighted by Crippen LogP contribution is -2.12. The minimum absolute atomic E-state index is 0.0471. The summed E-state index contributed by atoms with van der Waals surface area (Å²) >= 11 is 7.69. The highest BCUT2D eigenvalue weighted by Crippen LogP contribution is 2.41. The largest absolute Gasteiger partial charge is 0.308 e. The zero-order chi connectivity index (χ0) is 16.7. The molecule has 1 aromatic carbocycles. The second kappa shape index (κ2) is 5.99. The molecule has 2 aromatic heterocycles. The second-order valence-electron chi connectivity index (χ2n) is 5.51. The zero-order valence-electron chi connectivity index (χ0n) is 12.8. The topological polar surface area (TPSA) is 64.7 Å². The Morgan fingerprint density at radius 1 is 1.42 bits per heavy atom. The number of imidazole rings is 1. The van der Waals surface area contributed by atoms with Gasteiger partial charge in [-0.1, -0.05) is 17.7 Å². The minimum Gasteiger partial charge on any atom is -0.308 e. The van der Waals surface area contributed by atoms with E-state index < -0.39 is 0 Å². The van der Waals surface area contributed by atoms with Gasteiger partial charge in [0, 0.05) is 29.5 Å². The number of nitrogens with one attached hydrogen (secondary N) is 1. The number of aromatic nitrogens is 4. The summed E-state index contributed by atoms with van der Waals surface area (Å²) < 4.78 is 3.73. The van der Waals surface area contributed by atoms with Crippen LogP contribution in [0.15, 0.2) is 43.0 Å². The highest BCUT2D eigenvalue weighted by Gasteiger charge is 2.29. The molecule has 0 saturated carbocycles. The number of anilines is 1. The molecule has 1 aliphatic rings. The van der Waals surface area contributed by atoms with E-state index in [0.29, 0.717) is 16.6 Å². The van der Waals surface area contributed by atoms with Crippen LogP contribution >= 0.6 is 23.4 Å². The maximum Gasteiger partial charge on any atom is 0.235 e. The van der Waals surface area contributed by atoms with Crippen molar-refractivity contribution < 1.29 is 4.79 Å². The van der Waals surface area contributed by atoms with E-state index in [0.717, 1.165) is 16.9 Å². The second-order valence-corrected chi connectivity index (χ2v) is 7.04. The van der Waals surface area contributed by atoms with E-state index in [2.05, 4.69) is 15.4 Å². The van der Waals surface area contributed by atoms with Crippen LogP contribution in [0.4, 0.5) is 5.82 Å². The molecule has 24 heavy (non-hydrogen) atoms. The number of carbonyl (C=O) groups excluding carboxylic acids is 1. The summed E-state index contributed by atoms with van der Waals surface area (Å²) in [7, 11) is 1.88. The van der Waals surface area contributed by atoms with Crippen molar-refractivity contribution in [3.63, 3.8) is 0 Å². The lowest BCUT2D eigenvalue weighted by atomic mass is 10.1. The summed E-state index contributed by atoms with van der Waals surface area (Å²) in [6, 6.07) is 7.56. The first-order valence-electron chi connectivity index (χ1n) is 7.35. The van der Waals surface area contributed by atoms with Crippen LogP contribution in [-0.4, -0.2) is 31.0 Å². The van der Waals surface area contributed by atoms with Gasteiger partial charge in [-0.25, -0.2) is 4.98 Å². The number of hydrogen-bond donors (Lipinski definition) is 1. The summed E-state index contributed by atoms with van der Waals surface area (Å²) in [6.07, 6.45) is 5.50. The quantitative estimate of drug-likeness (QED) is 0.763. The van der Waals surface area contributed by atoms with E-state index >= 15 is 0 Å². The standard InChI is InChI=1S/C16H14ClN5OS/c1-21-7-10(6-19-21)15-14-16(20-13(23)8-24-15)18-9-22(14)12-4-2-3-11(17)5-12/h2-7,9,15H,8H2,1H3,(H,20,23)/t15-/m1/s1. The van der Waals surface area contributed by atoms with Gasteiger partial charge in [0.1, 0.15) is 6.33 Å². The molecule has 8 heteroatoms. The summed E-state index contributed by atoms with van der Waals surface area (Å²) in [5.74, 6) is 0.897. The number of aryl methyl sites for hydroxylation is 1. The van der Waals surface area contributed by atoms with E-state index in [9.17, 15) is 4.79 Å². The fourth-order valence-corrected chi connectivity index (χ4v) is 4.04. The lowest BCUT2D eigenvalue weighted by molar-refractivity contribution is -0.113. The van der Waals surface area contributed by atoms with Crippen LogP contribution in [0.3, 0.4) is 0 Å². The van der Waals surface area contributed by atoms with Gasteiger partial charge in [-0.05, 0) is 18.2 Å². The number of rotatable bonds is 2. The first kappa shape index (κ1) is 15.3. The fraction of sp³-hybridized carbons (Fsp3) is 0.188. The molecule has 3 heterocycles. The van der Waals surface area contributed by atoms with E-state index in [1.165, 1.54) is 0 Å². The highest BCUT2D eigenvalue weighted by molar-refractivity contribution is 8.00. The lowest BCUT2D eigenvalue weighted by Gasteiger charge is -2.16. The van der Waals surface area contributed by atoms with Crippen LogP contribution in [0, 0.1) is 0 Å². The monoisotopic (exact) mass is 359 g/mol.